The van der Waals surface area contributed by atoms with Crippen molar-refractivity contribution in [1.29, 1.82) is 0 Å². The van der Waals surface area contributed by atoms with Crippen molar-refractivity contribution in [2.75, 3.05) is 13.2 Å². The van der Waals surface area contributed by atoms with E-state index in [0.717, 1.165) is 46.7 Å². The number of nitrogens with zero attached hydrogens (tertiary/aromatic N) is 1. The maximum absolute atomic E-state index is 13.8. The summed E-state index contributed by atoms with van der Waals surface area (Å²) >= 11 is 0. The summed E-state index contributed by atoms with van der Waals surface area (Å²) in [5.41, 5.74) is 5.97. The molecule has 0 bridgehead atoms. The van der Waals surface area contributed by atoms with Crippen LogP contribution in [0.1, 0.15) is 66.8 Å². The molecule has 2 aliphatic carbocycles. The van der Waals surface area contributed by atoms with E-state index in [4.69, 9.17) is 14.5 Å². The van der Waals surface area contributed by atoms with Crippen molar-refractivity contribution in [2.45, 2.75) is 46.0 Å². The monoisotopic (exact) mass is 433 g/mol. The minimum Gasteiger partial charge on any atom is -0.497 e. The first-order valence-electron chi connectivity index (χ1n) is 11.5. The molecule has 0 N–H and O–H groups in total. The number of aromatic nitrogens is 1. The number of hydrogen-bond acceptors (Lipinski definition) is 4. The Morgan fingerprint density at radius 3 is 2.78 bits per heavy atom. The van der Waals surface area contributed by atoms with Crippen molar-refractivity contribution >= 4 is 11.5 Å². The predicted molar refractivity (Wildman–Crippen MR) is 122 cm³/mol. The second-order valence-electron chi connectivity index (χ2n) is 9.03. The van der Waals surface area contributed by atoms with Crippen LogP contribution in [-0.4, -0.2) is 24.2 Å². The zero-order chi connectivity index (χ0) is 22.4. The van der Waals surface area contributed by atoms with E-state index < -0.39 is 0 Å². The topological polar surface area (TPSA) is 48.4 Å². The molecule has 5 heteroatoms. The third-order valence-corrected chi connectivity index (χ3v) is 6.57. The molecule has 1 aliphatic heterocycles. The normalized spacial score (nSPS) is 21.2. The van der Waals surface area contributed by atoms with Crippen molar-refractivity contribution in [3.8, 4) is 11.1 Å². The van der Waals surface area contributed by atoms with E-state index in [0.29, 0.717) is 30.4 Å². The molecule has 1 aromatic carbocycles. The van der Waals surface area contributed by atoms with E-state index in [1.807, 2.05) is 13.8 Å². The van der Waals surface area contributed by atoms with Crippen molar-refractivity contribution in [1.82, 2.24) is 4.98 Å². The molecule has 1 saturated carbocycles. The number of carbonyl (C=O) groups is 1. The minimum atomic E-state index is -0.378. The number of halogens is 1. The molecule has 3 aliphatic rings. The fraction of sp³-hybridized carbons (Fsp3) is 0.407. The average molecular weight is 434 g/mol. The van der Waals surface area contributed by atoms with Crippen molar-refractivity contribution < 1.29 is 18.7 Å². The molecular formula is C27H28FNO3. The number of fused-ring (bicyclic) bond motifs is 4. The van der Waals surface area contributed by atoms with Crippen LogP contribution < -0.4 is 0 Å². The molecule has 166 valence electrons. The highest BCUT2D eigenvalue weighted by Crippen LogP contribution is 2.54. The third-order valence-electron chi connectivity index (χ3n) is 6.57. The molecule has 2 aromatic rings. The lowest BCUT2D eigenvalue weighted by Crippen LogP contribution is -2.17. The molecule has 2 unspecified atom stereocenters. The summed E-state index contributed by atoms with van der Waals surface area (Å²) < 4.78 is 25.5. The van der Waals surface area contributed by atoms with Crippen LogP contribution in [0.15, 0.2) is 42.2 Å². The molecule has 32 heavy (non-hydrogen) atoms. The van der Waals surface area contributed by atoms with Crippen molar-refractivity contribution in [3.05, 3.63) is 70.5 Å². The van der Waals surface area contributed by atoms with Crippen LogP contribution in [0.3, 0.4) is 0 Å². The van der Waals surface area contributed by atoms with E-state index >= 15 is 0 Å². The lowest BCUT2D eigenvalue weighted by Gasteiger charge is -2.22. The van der Waals surface area contributed by atoms with E-state index in [2.05, 4.69) is 12.2 Å². The Balaban J connectivity index is 1.83. The smallest absolute Gasteiger partial charge is 0.340 e. The Labute approximate surface area is 188 Å². The molecule has 2 heterocycles. The van der Waals surface area contributed by atoms with Crippen LogP contribution in [0.2, 0.25) is 0 Å². The highest BCUT2D eigenvalue weighted by Gasteiger charge is 2.44. The Hall–Kier alpha value is -2.95. The fourth-order valence-electron chi connectivity index (χ4n) is 5.02. The zero-order valence-corrected chi connectivity index (χ0v) is 18.8. The second kappa shape index (κ2) is 8.19. The van der Waals surface area contributed by atoms with Gasteiger partial charge in [-0.25, -0.2) is 9.18 Å². The standard InChI is InChI=1S/C27H28FNO3/c1-4-31-27(30)24-22(16-8-10-18(28)11-9-16)19-12-13-32-21-7-5-6-17-14-20(17)23(21)26(19)29-25(24)15(2)3/h5-6,8-11,15,17,20H,4,7,12-14H2,1-3H3. The minimum absolute atomic E-state index is 0.0195. The van der Waals surface area contributed by atoms with Gasteiger partial charge in [-0.1, -0.05) is 38.1 Å². The first-order valence-corrected chi connectivity index (χ1v) is 11.5. The molecule has 0 spiro atoms. The van der Waals surface area contributed by atoms with Gasteiger partial charge in [-0.05, 0) is 54.4 Å². The van der Waals surface area contributed by atoms with Gasteiger partial charge < -0.3 is 9.47 Å². The summed E-state index contributed by atoms with van der Waals surface area (Å²) in [5, 5.41) is 0. The maximum atomic E-state index is 13.8. The number of allylic oxidation sites excluding steroid dienone is 3. The molecule has 4 nitrogen and oxygen atoms in total. The van der Waals surface area contributed by atoms with Crippen LogP contribution >= 0.6 is 0 Å². The van der Waals surface area contributed by atoms with Gasteiger partial charge in [-0.2, -0.15) is 0 Å². The Morgan fingerprint density at radius 1 is 1.28 bits per heavy atom. The molecule has 0 saturated heterocycles. The fourth-order valence-corrected chi connectivity index (χ4v) is 5.02. The SMILES string of the molecule is CCOC(=O)c1c(C(C)C)nc2c(c1-c1ccc(F)cc1)CCOC1=C2C2CC2C=CC1. The number of hydrogen-bond donors (Lipinski definition) is 0. The van der Waals surface area contributed by atoms with Gasteiger partial charge in [0.25, 0.3) is 0 Å². The van der Waals surface area contributed by atoms with E-state index in [9.17, 15) is 9.18 Å². The van der Waals surface area contributed by atoms with E-state index in [1.54, 1.807) is 19.1 Å². The number of esters is 1. The van der Waals surface area contributed by atoms with Gasteiger partial charge in [0.15, 0.2) is 0 Å². The van der Waals surface area contributed by atoms with Gasteiger partial charge in [0.1, 0.15) is 11.6 Å². The van der Waals surface area contributed by atoms with Gasteiger partial charge >= 0.3 is 5.97 Å². The highest BCUT2D eigenvalue weighted by atomic mass is 19.1. The second-order valence-corrected chi connectivity index (χ2v) is 9.03. The number of benzene rings is 1. The number of pyridine rings is 1. The zero-order valence-electron chi connectivity index (χ0n) is 18.8. The first-order chi connectivity index (χ1) is 15.5. The molecule has 1 aromatic heterocycles. The summed E-state index contributed by atoms with van der Waals surface area (Å²) in [4.78, 5) is 18.4. The Morgan fingerprint density at radius 2 is 2.06 bits per heavy atom. The largest absolute Gasteiger partial charge is 0.497 e. The van der Waals surface area contributed by atoms with Crippen molar-refractivity contribution in [2.24, 2.45) is 11.8 Å². The Bertz CT molecular complexity index is 1130. The van der Waals surface area contributed by atoms with Gasteiger partial charge in [0.2, 0.25) is 0 Å². The third kappa shape index (κ3) is 3.54. The summed E-state index contributed by atoms with van der Waals surface area (Å²) in [6.45, 7) is 6.70. The molecule has 2 atom stereocenters. The maximum Gasteiger partial charge on any atom is 0.340 e. The quantitative estimate of drug-likeness (QED) is 0.434. The van der Waals surface area contributed by atoms with Crippen LogP contribution in [0.4, 0.5) is 4.39 Å². The van der Waals surface area contributed by atoms with Crippen LogP contribution in [0, 0.1) is 17.7 Å². The van der Waals surface area contributed by atoms with Gasteiger partial charge in [0, 0.05) is 24.0 Å². The van der Waals surface area contributed by atoms with Gasteiger partial charge in [0.05, 0.1) is 30.2 Å². The lowest BCUT2D eigenvalue weighted by molar-refractivity contribution is 0.0524. The predicted octanol–water partition coefficient (Wildman–Crippen LogP) is 6.07. The molecule has 0 amide bonds. The Kier molecular flexibility index (Phi) is 5.36. The number of rotatable bonds is 4. The molecule has 0 radical (unpaired) electrons. The summed E-state index contributed by atoms with van der Waals surface area (Å²) in [6, 6.07) is 6.37. The van der Waals surface area contributed by atoms with Crippen LogP contribution in [-0.2, 0) is 15.9 Å². The summed E-state index contributed by atoms with van der Waals surface area (Å²) in [6.07, 6.45) is 7.00. The summed E-state index contributed by atoms with van der Waals surface area (Å²) in [5.74, 6) is 1.27. The average Bonchev–Trinajstić information content (AvgIpc) is 3.55. The van der Waals surface area contributed by atoms with Crippen LogP contribution in [0.25, 0.3) is 16.7 Å². The molecule has 5 rings (SSSR count). The number of ether oxygens (including phenoxy) is 2. The van der Waals surface area contributed by atoms with E-state index in [-0.39, 0.29) is 24.3 Å². The van der Waals surface area contributed by atoms with Crippen molar-refractivity contribution in [3.63, 3.8) is 0 Å². The molecule has 1 fully saturated rings. The molecular weight excluding hydrogens is 405 g/mol. The summed E-state index contributed by atoms with van der Waals surface area (Å²) in [7, 11) is 0. The first kappa shape index (κ1) is 20.9. The lowest BCUT2D eigenvalue weighted by atomic mass is 9.86. The van der Waals surface area contributed by atoms with E-state index in [1.165, 1.54) is 17.7 Å². The van der Waals surface area contributed by atoms with Gasteiger partial charge in [-0.3, -0.25) is 4.98 Å². The van der Waals surface area contributed by atoms with Crippen LogP contribution in [0.5, 0.6) is 0 Å². The highest BCUT2D eigenvalue weighted by molar-refractivity contribution is 6.00. The number of carbonyl (C=O) groups excluding carboxylic acids is 1. The van der Waals surface area contributed by atoms with Gasteiger partial charge in [-0.15, -0.1) is 0 Å².